The number of aromatic amines is 4. The van der Waals surface area contributed by atoms with Crippen LogP contribution < -0.4 is 21.3 Å². The molecule has 4 saturated heterocycles. The Labute approximate surface area is 627 Å². The van der Waals surface area contributed by atoms with E-state index in [0.29, 0.717) is 120 Å². The Kier molecular flexibility index (Phi) is 26.4. The molecule has 1 saturated carbocycles. The van der Waals surface area contributed by atoms with Crippen molar-refractivity contribution in [1.29, 1.82) is 15.8 Å². The molecule has 6 atom stereocenters. The Morgan fingerprint density at radius 1 is 0.505 bits per heavy atom. The van der Waals surface area contributed by atoms with Crippen LogP contribution >= 0.6 is 0 Å². The minimum atomic E-state index is -2.86. The van der Waals surface area contributed by atoms with Crippen molar-refractivity contribution in [3.63, 3.8) is 0 Å². The number of H-pyrrole nitrogens is 4. The van der Waals surface area contributed by atoms with Crippen molar-refractivity contribution in [2.45, 2.75) is 155 Å². The van der Waals surface area contributed by atoms with E-state index in [-0.39, 0.29) is 93.6 Å². The van der Waals surface area contributed by atoms with E-state index in [1.807, 2.05) is 43.3 Å². The minimum absolute atomic E-state index is 0.0138. The van der Waals surface area contributed by atoms with Gasteiger partial charge in [-0.15, -0.1) is 0 Å². The number of fused-ring (bicyclic) bond motifs is 4. The van der Waals surface area contributed by atoms with E-state index in [0.717, 1.165) is 66.5 Å². The van der Waals surface area contributed by atoms with Gasteiger partial charge in [-0.25, -0.2) is 47.9 Å². The van der Waals surface area contributed by atoms with Gasteiger partial charge in [0.2, 0.25) is 23.6 Å². The number of carbonyl (C=O) groups is 8. The molecule has 13 rings (SSSR count). The maximum atomic E-state index is 13.3. The molecule has 576 valence electrons. The molecule has 8 aromatic rings. The van der Waals surface area contributed by atoms with Crippen LogP contribution in [0.4, 0.5) is 31.5 Å². The average Bonchev–Trinajstić information content (AvgIpc) is 1.59. The quantitative estimate of drug-likeness (QED) is 0.0260. The van der Waals surface area contributed by atoms with Gasteiger partial charge in [0.1, 0.15) is 69.0 Å². The van der Waals surface area contributed by atoms with Gasteiger partial charge in [0, 0.05) is 154 Å². The van der Waals surface area contributed by atoms with Crippen molar-refractivity contribution in [1.82, 2.24) is 59.5 Å². The molecule has 0 aromatic carbocycles. The van der Waals surface area contributed by atoms with Crippen molar-refractivity contribution in [2.75, 3.05) is 93.5 Å². The number of nitriles is 3. The molecule has 109 heavy (non-hydrogen) atoms. The van der Waals surface area contributed by atoms with Crippen molar-refractivity contribution >= 4 is 114 Å². The first-order valence-electron chi connectivity index (χ1n) is 36.7. The normalized spacial score (nSPS) is 19.3. The molecular weight excluding hydrogens is 1410 g/mol. The molecule has 31 nitrogen and oxygen atoms in total. The molecule has 8 N–H and O–H groups in total. The van der Waals surface area contributed by atoms with Gasteiger partial charge >= 0.3 is 23.9 Å². The lowest BCUT2D eigenvalue weighted by atomic mass is 9.92. The molecule has 0 radical (unpaired) electrons. The fraction of sp³-hybridized carbons (Fsp3) is 0.487. The highest BCUT2D eigenvalue weighted by atomic mass is 19.3. The summed E-state index contributed by atoms with van der Waals surface area (Å²) in [6.45, 7) is 16.9. The number of nitrogens with one attached hydrogen (secondary N) is 8. The highest BCUT2D eigenvalue weighted by Crippen LogP contribution is 2.50. The molecule has 5 fully saturated rings. The molecule has 0 spiro atoms. The van der Waals surface area contributed by atoms with Crippen LogP contribution in [0.5, 0.6) is 0 Å². The number of rotatable bonds is 20. The minimum Gasteiger partial charge on any atom is -0.462 e. The van der Waals surface area contributed by atoms with Gasteiger partial charge in [-0.2, -0.15) is 15.8 Å². The summed E-state index contributed by atoms with van der Waals surface area (Å²) in [7, 11) is 0. The Bertz CT molecular complexity index is 4760. The number of likely N-dealkylation sites (tertiary alicyclic amines) is 4. The predicted octanol–water partition coefficient (Wildman–Crippen LogP) is 9.99. The fourth-order valence-electron chi connectivity index (χ4n) is 13.9. The molecule has 5 aliphatic rings. The maximum absolute atomic E-state index is 13.3. The monoisotopic (exact) mass is 1500 g/mol. The van der Waals surface area contributed by atoms with Gasteiger partial charge in [0.15, 0.2) is 0 Å². The summed E-state index contributed by atoms with van der Waals surface area (Å²) in [5.41, 5.74) is 5.58. The zero-order chi connectivity index (χ0) is 78.1. The Hall–Kier alpha value is -12.0. The van der Waals surface area contributed by atoms with Crippen LogP contribution in [-0.2, 0) is 38.1 Å². The molecule has 33 heteroatoms. The summed E-state index contributed by atoms with van der Waals surface area (Å²) < 4.78 is 47.2. The number of aromatic nitrogens is 8. The summed E-state index contributed by atoms with van der Waals surface area (Å²) in [5.74, 6) is -6.81. The fourth-order valence-corrected chi connectivity index (χ4v) is 13.9. The molecule has 4 aliphatic heterocycles. The van der Waals surface area contributed by atoms with Gasteiger partial charge in [0.25, 0.3) is 5.92 Å². The lowest BCUT2D eigenvalue weighted by molar-refractivity contribution is -0.138. The zero-order valence-corrected chi connectivity index (χ0v) is 62.0. The van der Waals surface area contributed by atoms with E-state index in [4.69, 9.17) is 29.5 Å². The first-order valence-corrected chi connectivity index (χ1v) is 36.7. The standard InChI is InChI=1S/C20H25N5O3.C19H22F2N4O3.C19H23N5O3.C18H21N5O3/c1-4-28-18(26)15-10-23-17-14(7-8-22-17)16(15)24-13-6-5-9-25(11-13)19(27)20(2,3)12-21;1-2-28-18(27)13-9-23-16-12(5-6-22-16)15(13)24-11-4-3-7-25(10-11)17(26)14-8-19(14,20)21;1-3-27-19(26)15-10-22-18-14(7-9-21-18)17(15)23-13-5-4-12(2)24(11-13)16(25)6-8-20;1-2-26-18(25)14-10-21-17-13(6-8-20-17)16(14)22-12-4-3-9-23(11-12)15(24)5-7-19/h7-8,10,13H,4-6,9,11H2,1-3H3,(H2,22,23,24);5-6,9,11,14H,2-4,7-8,10H2,1H3,(H2,22,23,24);7,9-10,12-13H,3-6,11H2,1-2H3,(H2,21,22,23);6,8,10,12H,2-5,9,11H2,1H3,(H2,20,21,22)/t13-;11-,14+;12-,13+;12-/m1100/s1. The van der Waals surface area contributed by atoms with E-state index < -0.39 is 47.0 Å². The number of esters is 4. The van der Waals surface area contributed by atoms with Gasteiger partial charge in [-0.05, 0) is 124 Å². The van der Waals surface area contributed by atoms with Crippen molar-refractivity contribution < 1.29 is 66.1 Å². The van der Waals surface area contributed by atoms with E-state index >= 15 is 0 Å². The molecule has 1 aliphatic carbocycles. The third-order valence-electron chi connectivity index (χ3n) is 19.5. The molecular formula is C76H91F2N19O12. The number of carbonyl (C=O) groups excluding carboxylic acids is 8. The first kappa shape index (κ1) is 79.6. The third-order valence-corrected chi connectivity index (χ3v) is 19.5. The van der Waals surface area contributed by atoms with Crippen LogP contribution in [0.1, 0.15) is 161 Å². The van der Waals surface area contributed by atoms with Crippen LogP contribution in [0.3, 0.4) is 0 Å². The second kappa shape index (κ2) is 36.1. The van der Waals surface area contributed by atoms with Crippen LogP contribution in [0.15, 0.2) is 73.8 Å². The summed E-state index contributed by atoms with van der Waals surface area (Å²) in [6, 6.07) is 13.1. The van der Waals surface area contributed by atoms with Crippen LogP contribution in [0, 0.1) is 45.3 Å². The van der Waals surface area contributed by atoms with Gasteiger partial charge < -0.3 is 79.8 Å². The number of anilines is 4. The number of ether oxygens (including phenoxy) is 4. The Morgan fingerprint density at radius 2 is 0.835 bits per heavy atom. The van der Waals surface area contributed by atoms with Crippen LogP contribution in [-0.4, -0.2) is 215 Å². The molecule has 0 bridgehead atoms. The lowest BCUT2D eigenvalue weighted by Crippen LogP contribution is -2.49. The second-order valence-electron chi connectivity index (χ2n) is 27.6. The van der Waals surface area contributed by atoms with Crippen LogP contribution in [0.2, 0.25) is 0 Å². The van der Waals surface area contributed by atoms with Crippen molar-refractivity contribution in [3.8, 4) is 18.2 Å². The topological polar surface area (TPSA) is 421 Å². The summed E-state index contributed by atoms with van der Waals surface area (Å²) in [4.78, 5) is 135. The van der Waals surface area contributed by atoms with E-state index in [1.165, 1.54) is 29.7 Å². The van der Waals surface area contributed by atoms with Crippen molar-refractivity contribution in [3.05, 3.63) is 96.1 Å². The summed E-state index contributed by atoms with van der Waals surface area (Å²) in [6.07, 6.45) is 18.9. The second-order valence-corrected chi connectivity index (χ2v) is 27.6. The highest BCUT2D eigenvalue weighted by molar-refractivity contribution is 6.07. The number of piperidine rings is 4. The summed E-state index contributed by atoms with van der Waals surface area (Å²) in [5, 5.41) is 43.6. The molecule has 8 aromatic heterocycles. The smallest absolute Gasteiger partial charge is 0.341 e. The number of hydrogen-bond donors (Lipinski definition) is 8. The van der Waals surface area contributed by atoms with Gasteiger partial charge in [-0.3, -0.25) is 19.2 Å². The average molecular weight is 1500 g/mol. The predicted molar refractivity (Wildman–Crippen MR) is 399 cm³/mol. The number of hydrogen-bond acceptors (Lipinski definition) is 23. The number of pyridine rings is 4. The molecule has 4 amide bonds. The number of nitrogens with zero attached hydrogens (tertiary/aromatic N) is 11. The van der Waals surface area contributed by atoms with E-state index in [1.54, 1.807) is 81.0 Å². The molecule has 0 unspecified atom stereocenters. The van der Waals surface area contributed by atoms with Gasteiger partial charge in [-0.1, -0.05) is 0 Å². The Morgan fingerprint density at radius 3 is 1.18 bits per heavy atom. The SMILES string of the molecule is CCOC(=O)c1cnc2[nH]ccc2c1N[C@@H]1CCCN(C(=O)C(C)(C)C#N)C1.CCOC(=O)c1cnc2[nH]ccc2c1N[C@@H]1CCCN(C(=O)[C@@H]2CC2(F)F)C1.CCOC(=O)c1cnc2[nH]ccc2c1N[C@@H]1CC[C@H](C)N(C(=O)CC#N)C1.CCOC(=O)c1cnc2[nH]ccc2c1N[C@H]1CCCN(C(=O)CC#N)C1. The first-order chi connectivity index (χ1) is 52.5. The Balaban J connectivity index is 0.000000155. The number of halogens is 2. The largest absolute Gasteiger partial charge is 0.462 e. The lowest BCUT2D eigenvalue weighted by Gasteiger charge is -2.38. The van der Waals surface area contributed by atoms with E-state index in [2.05, 4.69) is 67.2 Å². The van der Waals surface area contributed by atoms with Crippen LogP contribution in [0.25, 0.3) is 44.1 Å². The number of amides is 4. The highest BCUT2D eigenvalue weighted by Gasteiger charge is 2.62. The third kappa shape index (κ3) is 19.1. The van der Waals surface area contributed by atoms with Crippen molar-refractivity contribution in [2.24, 2.45) is 11.3 Å². The zero-order valence-electron chi connectivity index (χ0n) is 62.0. The number of alkyl halides is 2. The maximum Gasteiger partial charge on any atom is 0.341 e. The van der Waals surface area contributed by atoms with E-state index in [9.17, 15) is 52.4 Å². The molecule has 12 heterocycles. The van der Waals surface area contributed by atoms with Gasteiger partial charge in [0.05, 0.1) is 67.4 Å². The summed E-state index contributed by atoms with van der Waals surface area (Å²) >= 11 is 0.